The van der Waals surface area contributed by atoms with Gasteiger partial charge in [0.15, 0.2) is 0 Å². The summed E-state index contributed by atoms with van der Waals surface area (Å²) in [7, 11) is 0. The summed E-state index contributed by atoms with van der Waals surface area (Å²) in [6.07, 6.45) is 3.84. The minimum absolute atomic E-state index is 0.00285. The first-order chi connectivity index (χ1) is 12.4. The van der Waals surface area contributed by atoms with E-state index in [4.69, 9.17) is 9.47 Å². The van der Waals surface area contributed by atoms with E-state index in [1.165, 1.54) is 6.08 Å². The van der Waals surface area contributed by atoms with Crippen molar-refractivity contribution in [3.05, 3.63) is 35.5 Å². The van der Waals surface area contributed by atoms with Crippen LogP contribution in [0.3, 0.4) is 0 Å². The molecule has 6 nitrogen and oxygen atoms in total. The van der Waals surface area contributed by atoms with E-state index in [9.17, 15) is 19.8 Å². The van der Waals surface area contributed by atoms with Crippen LogP contribution in [-0.4, -0.2) is 47.6 Å². The van der Waals surface area contributed by atoms with Gasteiger partial charge in [0, 0.05) is 18.1 Å². The van der Waals surface area contributed by atoms with Crippen molar-refractivity contribution in [3.8, 4) is 0 Å². The van der Waals surface area contributed by atoms with Gasteiger partial charge in [-0.15, -0.1) is 0 Å². The fraction of sp³-hybridized carbons (Fsp3) is 0.600. The zero-order valence-corrected chi connectivity index (χ0v) is 15.2. The average molecular weight is 362 g/mol. The molecule has 0 radical (unpaired) electrons. The van der Waals surface area contributed by atoms with Gasteiger partial charge in [0.05, 0.1) is 18.1 Å². The molecule has 0 amide bonds. The van der Waals surface area contributed by atoms with E-state index < -0.39 is 36.7 Å². The highest BCUT2D eigenvalue weighted by molar-refractivity contribution is 5.92. The number of hydrogen-bond acceptors (Lipinski definition) is 6. The number of carbonyl (C=O) groups is 2. The second-order valence-corrected chi connectivity index (χ2v) is 7.39. The van der Waals surface area contributed by atoms with Crippen molar-refractivity contribution in [1.82, 2.24) is 0 Å². The number of carbonyl (C=O) groups excluding carboxylic acids is 2. The Bertz CT molecular complexity index is 676. The minimum Gasteiger partial charge on any atom is -0.458 e. The Kier molecular flexibility index (Phi) is 5.34. The monoisotopic (exact) mass is 362 g/mol. The quantitative estimate of drug-likeness (QED) is 0.448. The molecule has 6 atom stereocenters. The van der Waals surface area contributed by atoms with E-state index in [2.05, 4.69) is 12.7 Å². The highest BCUT2D eigenvalue weighted by Crippen LogP contribution is 2.51. The summed E-state index contributed by atoms with van der Waals surface area (Å²) in [5.41, 5.74) is 1.62. The molecule has 3 aliphatic rings. The molecule has 6 heteroatoms. The molecule has 2 fully saturated rings. The van der Waals surface area contributed by atoms with Gasteiger partial charge in [-0.3, -0.25) is 0 Å². The number of fused-ring (bicyclic) bond motifs is 3. The minimum atomic E-state index is -0.622. The summed E-state index contributed by atoms with van der Waals surface area (Å²) < 4.78 is 11.3. The zero-order valence-electron chi connectivity index (χ0n) is 15.2. The van der Waals surface area contributed by atoms with Crippen LogP contribution in [-0.2, 0) is 19.1 Å². The number of rotatable bonds is 4. The lowest BCUT2D eigenvalue weighted by atomic mass is 9.78. The molecule has 0 spiro atoms. The lowest BCUT2D eigenvalue weighted by molar-refractivity contribution is -0.149. The van der Waals surface area contributed by atoms with E-state index in [0.717, 1.165) is 12.0 Å². The van der Waals surface area contributed by atoms with Crippen LogP contribution in [0.4, 0.5) is 0 Å². The molecule has 1 heterocycles. The van der Waals surface area contributed by atoms with Crippen molar-refractivity contribution >= 4 is 11.9 Å². The summed E-state index contributed by atoms with van der Waals surface area (Å²) in [5.74, 6) is -1.41. The first-order valence-corrected chi connectivity index (χ1v) is 9.07. The van der Waals surface area contributed by atoms with E-state index in [-0.39, 0.29) is 29.9 Å². The third kappa shape index (κ3) is 3.01. The van der Waals surface area contributed by atoms with Crippen molar-refractivity contribution in [2.24, 2.45) is 23.7 Å². The Hall–Kier alpha value is -1.92. The van der Waals surface area contributed by atoms with Gasteiger partial charge >= 0.3 is 11.9 Å². The van der Waals surface area contributed by atoms with Crippen LogP contribution >= 0.6 is 0 Å². The maximum absolute atomic E-state index is 12.4. The van der Waals surface area contributed by atoms with Crippen molar-refractivity contribution in [1.29, 1.82) is 0 Å². The number of allylic oxidation sites excluding steroid dienone is 2. The van der Waals surface area contributed by atoms with Crippen LogP contribution in [0.1, 0.15) is 26.7 Å². The predicted molar refractivity (Wildman–Crippen MR) is 93.8 cm³/mol. The van der Waals surface area contributed by atoms with Gasteiger partial charge in [0.25, 0.3) is 0 Å². The van der Waals surface area contributed by atoms with E-state index >= 15 is 0 Å². The second-order valence-electron chi connectivity index (χ2n) is 7.39. The highest BCUT2D eigenvalue weighted by atomic mass is 16.6. The smallest absolute Gasteiger partial charge is 0.336 e. The van der Waals surface area contributed by atoms with Crippen LogP contribution < -0.4 is 0 Å². The summed E-state index contributed by atoms with van der Waals surface area (Å²) in [4.78, 5) is 24.6. The highest BCUT2D eigenvalue weighted by Gasteiger charge is 2.55. The van der Waals surface area contributed by atoms with Gasteiger partial charge in [-0.1, -0.05) is 24.3 Å². The van der Waals surface area contributed by atoms with Gasteiger partial charge in [-0.2, -0.15) is 0 Å². The molecule has 1 saturated carbocycles. The molecular formula is C20H26O6. The molecule has 2 aliphatic carbocycles. The van der Waals surface area contributed by atoms with E-state index in [1.807, 2.05) is 6.92 Å². The fourth-order valence-corrected chi connectivity index (χ4v) is 4.71. The third-order valence-electron chi connectivity index (χ3n) is 6.13. The molecule has 3 rings (SSSR count). The van der Waals surface area contributed by atoms with Gasteiger partial charge in [-0.25, -0.2) is 9.59 Å². The standard InChI is InChI=1S/C20H26O6/c1-4-12(8-21)20(24)25-15-7-13(9-22)14-6-5-10(2)16(14)18-17(15)11(3)19(23)26-18/h4-5,13-18,21-22H,3,6-9H2,1-2H3/b12-4+/t13-,14+,15-,16+,17-,18-/m1/s1. The first-order valence-electron chi connectivity index (χ1n) is 9.07. The Morgan fingerprint density at radius 3 is 2.77 bits per heavy atom. The molecule has 1 aliphatic heterocycles. The molecule has 1 saturated heterocycles. The molecule has 0 aromatic heterocycles. The van der Waals surface area contributed by atoms with E-state index in [1.54, 1.807) is 6.92 Å². The molecule has 0 aromatic rings. The van der Waals surface area contributed by atoms with Crippen molar-refractivity contribution < 1.29 is 29.3 Å². The summed E-state index contributed by atoms with van der Waals surface area (Å²) in [6, 6.07) is 0. The number of aliphatic hydroxyl groups excluding tert-OH is 2. The van der Waals surface area contributed by atoms with Crippen LogP contribution in [0.2, 0.25) is 0 Å². The van der Waals surface area contributed by atoms with Gasteiger partial charge in [0.1, 0.15) is 12.2 Å². The van der Waals surface area contributed by atoms with Crippen molar-refractivity contribution in [2.75, 3.05) is 13.2 Å². The normalized spacial score (nSPS) is 36.8. The van der Waals surface area contributed by atoms with Crippen LogP contribution in [0.15, 0.2) is 35.5 Å². The number of aliphatic hydroxyl groups is 2. The van der Waals surface area contributed by atoms with Gasteiger partial charge < -0.3 is 19.7 Å². The zero-order chi connectivity index (χ0) is 19.0. The SMILES string of the molecule is C=C1C(=O)O[C@@H]2[C@H]3C(C)=CC[C@H]3[C@@H](CO)C[C@@H](OC(=O)/C(=C/C)CO)[C@@H]12. The molecule has 26 heavy (non-hydrogen) atoms. The first kappa shape index (κ1) is 18.9. The molecule has 0 unspecified atom stereocenters. The number of esters is 2. The van der Waals surface area contributed by atoms with Crippen LogP contribution in [0.25, 0.3) is 0 Å². The predicted octanol–water partition coefficient (Wildman–Crippen LogP) is 1.53. The Labute approximate surface area is 153 Å². The fourth-order valence-electron chi connectivity index (χ4n) is 4.71. The molecule has 2 N–H and O–H groups in total. The summed E-state index contributed by atoms with van der Waals surface area (Å²) in [6.45, 7) is 7.11. The average Bonchev–Trinajstić information content (AvgIpc) is 3.08. The molecule has 0 aromatic carbocycles. The summed E-state index contributed by atoms with van der Waals surface area (Å²) >= 11 is 0. The summed E-state index contributed by atoms with van der Waals surface area (Å²) in [5, 5.41) is 19.3. The third-order valence-corrected chi connectivity index (χ3v) is 6.13. The van der Waals surface area contributed by atoms with Crippen molar-refractivity contribution in [3.63, 3.8) is 0 Å². The van der Waals surface area contributed by atoms with Gasteiger partial charge in [0.2, 0.25) is 0 Å². The number of ether oxygens (including phenoxy) is 2. The molecule has 142 valence electrons. The van der Waals surface area contributed by atoms with Crippen LogP contribution in [0.5, 0.6) is 0 Å². The number of hydrogen-bond donors (Lipinski definition) is 2. The van der Waals surface area contributed by atoms with Crippen molar-refractivity contribution in [2.45, 2.75) is 38.9 Å². The lowest BCUT2D eigenvalue weighted by Crippen LogP contribution is -2.36. The van der Waals surface area contributed by atoms with Gasteiger partial charge in [-0.05, 0) is 38.5 Å². The second kappa shape index (κ2) is 7.37. The Morgan fingerprint density at radius 1 is 1.42 bits per heavy atom. The maximum atomic E-state index is 12.4. The Balaban J connectivity index is 1.96. The Morgan fingerprint density at radius 2 is 2.15 bits per heavy atom. The van der Waals surface area contributed by atoms with Crippen LogP contribution in [0, 0.1) is 23.7 Å². The van der Waals surface area contributed by atoms with E-state index in [0.29, 0.717) is 12.0 Å². The molecule has 0 bridgehead atoms. The maximum Gasteiger partial charge on any atom is 0.336 e. The largest absolute Gasteiger partial charge is 0.458 e. The molecular weight excluding hydrogens is 336 g/mol. The lowest BCUT2D eigenvalue weighted by Gasteiger charge is -2.29. The topological polar surface area (TPSA) is 93.1 Å².